The fourth-order valence-electron chi connectivity index (χ4n) is 1.63. The number of nitrogens with two attached hydrogens (primary N) is 1. The Hall–Kier alpha value is -2.74. The Balaban J connectivity index is 1.93. The molecule has 0 aliphatic rings. The molecule has 0 aliphatic heterocycles. The monoisotopic (exact) mass is 305 g/mol. The Morgan fingerprint density at radius 2 is 2.10 bits per heavy atom. The lowest BCUT2D eigenvalue weighted by molar-refractivity contribution is 0.628. The van der Waals surface area contributed by atoms with Crippen LogP contribution in [-0.2, 0) is 0 Å². The zero-order valence-electron chi connectivity index (χ0n) is 10.5. The number of anilines is 3. The number of rotatable bonds is 3. The van der Waals surface area contributed by atoms with E-state index in [1.54, 1.807) is 18.5 Å². The third-order valence-corrected chi connectivity index (χ3v) is 2.82. The summed E-state index contributed by atoms with van der Waals surface area (Å²) in [5.74, 6) is -0.000278. The van der Waals surface area contributed by atoms with Crippen molar-refractivity contribution < 1.29 is 4.39 Å². The average Bonchev–Trinajstić information content (AvgIpc) is 2.96. The van der Waals surface area contributed by atoms with Gasteiger partial charge in [0.2, 0.25) is 11.9 Å². The maximum atomic E-state index is 13.1. The zero-order chi connectivity index (χ0) is 14.8. The van der Waals surface area contributed by atoms with Crippen LogP contribution in [0, 0.1) is 5.82 Å². The number of aromatic nitrogens is 5. The summed E-state index contributed by atoms with van der Waals surface area (Å²) in [6.07, 6.45) is 3.26. The van der Waals surface area contributed by atoms with Crippen molar-refractivity contribution in [3.8, 4) is 5.95 Å². The largest absolute Gasteiger partial charge is 0.368 e. The summed E-state index contributed by atoms with van der Waals surface area (Å²) < 4.78 is 14.6. The lowest BCUT2D eigenvalue weighted by Crippen LogP contribution is -2.09. The first-order valence-electron chi connectivity index (χ1n) is 5.85. The van der Waals surface area contributed by atoms with Crippen LogP contribution in [0.5, 0.6) is 0 Å². The molecule has 2 aromatic heterocycles. The van der Waals surface area contributed by atoms with Crippen LogP contribution in [0.1, 0.15) is 0 Å². The second-order valence-corrected chi connectivity index (χ2v) is 4.43. The number of nitrogens with one attached hydrogen (secondary N) is 1. The zero-order valence-corrected chi connectivity index (χ0v) is 11.3. The number of nitrogens with zero attached hydrogens (tertiary/aromatic N) is 5. The van der Waals surface area contributed by atoms with Crippen molar-refractivity contribution in [1.82, 2.24) is 24.7 Å². The van der Waals surface area contributed by atoms with Gasteiger partial charge in [0.05, 0.1) is 5.02 Å². The first-order chi connectivity index (χ1) is 10.1. The molecule has 0 bridgehead atoms. The Bertz CT molecular complexity index is 775. The highest BCUT2D eigenvalue weighted by Gasteiger charge is 2.08. The topological polar surface area (TPSA) is 94.5 Å². The van der Waals surface area contributed by atoms with Gasteiger partial charge in [0, 0.05) is 18.1 Å². The summed E-state index contributed by atoms with van der Waals surface area (Å²) in [6.45, 7) is 0. The van der Waals surface area contributed by atoms with Crippen molar-refractivity contribution in [1.29, 1.82) is 0 Å². The number of halogens is 2. The van der Waals surface area contributed by atoms with E-state index in [0.29, 0.717) is 5.69 Å². The van der Waals surface area contributed by atoms with E-state index < -0.39 is 5.82 Å². The summed E-state index contributed by atoms with van der Waals surface area (Å²) in [5.41, 5.74) is 6.17. The van der Waals surface area contributed by atoms with Gasteiger partial charge in [-0.25, -0.2) is 9.07 Å². The van der Waals surface area contributed by atoms with E-state index in [1.165, 1.54) is 22.9 Å². The fourth-order valence-corrected chi connectivity index (χ4v) is 1.81. The van der Waals surface area contributed by atoms with Crippen LogP contribution in [0.15, 0.2) is 36.7 Å². The van der Waals surface area contributed by atoms with Gasteiger partial charge in [-0.15, -0.1) is 0 Å². The van der Waals surface area contributed by atoms with E-state index in [0.717, 1.165) is 0 Å². The van der Waals surface area contributed by atoms with E-state index in [-0.39, 0.29) is 22.9 Å². The molecule has 9 heteroatoms. The molecule has 7 nitrogen and oxygen atoms in total. The molecular formula is C12H9ClFN7. The van der Waals surface area contributed by atoms with Gasteiger partial charge in [-0.1, -0.05) is 11.6 Å². The molecule has 0 amide bonds. The van der Waals surface area contributed by atoms with Gasteiger partial charge >= 0.3 is 0 Å². The van der Waals surface area contributed by atoms with Gasteiger partial charge in [0.1, 0.15) is 5.82 Å². The minimum atomic E-state index is -0.505. The van der Waals surface area contributed by atoms with Crippen LogP contribution in [0.2, 0.25) is 5.02 Å². The van der Waals surface area contributed by atoms with E-state index in [2.05, 4.69) is 25.4 Å². The van der Waals surface area contributed by atoms with E-state index in [1.807, 2.05) is 0 Å². The molecule has 3 N–H and O–H groups in total. The third kappa shape index (κ3) is 2.90. The van der Waals surface area contributed by atoms with Crippen LogP contribution < -0.4 is 11.1 Å². The van der Waals surface area contributed by atoms with Crippen molar-refractivity contribution in [2.45, 2.75) is 0 Å². The van der Waals surface area contributed by atoms with Crippen LogP contribution in [0.25, 0.3) is 5.95 Å². The molecule has 0 fully saturated rings. The van der Waals surface area contributed by atoms with Gasteiger partial charge in [-0.3, -0.25) is 0 Å². The maximum Gasteiger partial charge on any atom is 0.257 e. The highest BCUT2D eigenvalue weighted by molar-refractivity contribution is 6.31. The number of nitrogen functional groups attached to an aromatic ring is 1. The van der Waals surface area contributed by atoms with Gasteiger partial charge in [0.25, 0.3) is 5.95 Å². The minimum Gasteiger partial charge on any atom is -0.368 e. The van der Waals surface area contributed by atoms with Crippen LogP contribution in [-0.4, -0.2) is 24.7 Å². The molecule has 0 radical (unpaired) electrons. The molecule has 21 heavy (non-hydrogen) atoms. The fraction of sp³-hybridized carbons (Fsp3) is 0. The molecule has 0 saturated carbocycles. The van der Waals surface area contributed by atoms with E-state index in [9.17, 15) is 4.39 Å². The van der Waals surface area contributed by atoms with Crippen molar-refractivity contribution in [2.24, 2.45) is 0 Å². The number of hydrogen-bond acceptors (Lipinski definition) is 6. The first-order valence-corrected chi connectivity index (χ1v) is 6.23. The number of benzene rings is 1. The SMILES string of the molecule is Nc1nc(Nc2ccc(F)c(Cl)c2)nc(-n2cccn2)n1. The lowest BCUT2D eigenvalue weighted by atomic mass is 10.3. The van der Waals surface area contributed by atoms with Gasteiger partial charge in [0.15, 0.2) is 0 Å². The van der Waals surface area contributed by atoms with Crippen LogP contribution >= 0.6 is 11.6 Å². The number of hydrogen-bond donors (Lipinski definition) is 2. The van der Waals surface area contributed by atoms with Crippen molar-refractivity contribution in [2.75, 3.05) is 11.1 Å². The molecule has 1 aromatic carbocycles. The Kier molecular flexibility index (Phi) is 3.36. The third-order valence-electron chi connectivity index (χ3n) is 2.53. The molecule has 0 aliphatic carbocycles. The van der Waals surface area contributed by atoms with Crippen molar-refractivity contribution in [3.63, 3.8) is 0 Å². The molecule has 106 valence electrons. The van der Waals surface area contributed by atoms with Gasteiger partial charge in [-0.05, 0) is 24.3 Å². The van der Waals surface area contributed by atoms with E-state index in [4.69, 9.17) is 17.3 Å². The van der Waals surface area contributed by atoms with Crippen LogP contribution in [0.4, 0.5) is 22.0 Å². The lowest BCUT2D eigenvalue weighted by Gasteiger charge is -2.07. The predicted molar refractivity (Wildman–Crippen MR) is 76.1 cm³/mol. The van der Waals surface area contributed by atoms with Crippen molar-refractivity contribution >= 4 is 29.2 Å². The highest BCUT2D eigenvalue weighted by Crippen LogP contribution is 2.21. The minimum absolute atomic E-state index is 0.00525. The molecule has 3 aromatic rings. The summed E-state index contributed by atoms with van der Waals surface area (Å²) in [5, 5.41) is 6.89. The molecule has 3 rings (SSSR count). The quantitative estimate of drug-likeness (QED) is 0.770. The van der Waals surface area contributed by atoms with Crippen molar-refractivity contribution in [3.05, 3.63) is 47.5 Å². The Labute approximate surface area is 123 Å². The first kappa shape index (κ1) is 13.3. The molecule has 2 heterocycles. The summed E-state index contributed by atoms with van der Waals surface area (Å²) in [7, 11) is 0. The maximum absolute atomic E-state index is 13.1. The molecule has 0 unspecified atom stereocenters. The van der Waals surface area contributed by atoms with E-state index >= 15 is 0 Å². The standard InChI is InChI=1S/C12H9ClFN7/c13-8-6-7(2-3-9(8)14)17-11-18-10(15)19-12(20-11)21-5-1-4-16-21/h1-6H,(H3,15,17,18,19,20). The molecule has 0 saturated heterocycles. The predicted octanol–water partition coefficient (Wildman–Crippen LogP) is 2.18. The highest BCUT2D eigenvalue weighted by atomic mass is 35.5. The molecular weight excluding hydrogens is 297 g/mol. The molecule has 0 atom stereocenters. The van der Waals surface area contributed by atoms with Crippen LogP contribution in [0.3, 0.4) is 0 Å². The molecule has 0 spiro atoms. The summed E-state index contributed by atoms with van der Waals surface area (Å²) in [4.78, 5) is 12.1. The Morgan fingerprint density at radius 3 is 2.81 bits per heavy atom. The normalized spacial score (nSPS) is 10.6. The second kappa shape index (κ2) is 5.33. The van der Waals surface area contributed by atoms with Gasteiger partial charge < -0.3 is 11.1 Å². The second-order valence-electron chi connectivity index (χ2n) is 4.02. The van der Waals surface area contributed by atoms with Gasteiger partial charge in [-0.2, -0.15) is 20.1 Å². The smallest absolute Gasteiger partial charge is 0.257 e. The Morgan fingerprint density at radius 1 is 1.24 bits per heavy atom. The summed E-state index contributed by atoms with van der Waals surface area (Å²) in [6, 6.07) is 5.90. The average molecular weight is 306 g/mol. The summed E-state index contributed by atoms with van der Waals surface area (Å²) >= 11 is 5.72.